The molecular formula is C17H18IN7O. The monoisotopic (exact) mass is 463 g/mol. The van der Waals surface area contributed by atoms with Crippen LogP contribution in [0, 0.1) is 3.70 Å². The number of amides is 1. The molecule has 0 unspecified atom stereocenters. The van der Waals surface area contributed by atoms with Gasteiger partial charge in [0.05, 0.1) is 11.1 Å². The van der Waals surface area contributed by atoms with Crippen LogP contribution in [0.2, 0.25) is 0 Å². The average Bonchev–Trinajstić information content (AvgIpc) is 2.93. The molecule has 0 aliphatic carbocycles. The summed E-state index contributed by atoms with van der Waals surface area (Å²) in [7, 11) is 3.88. The van der Waals surface area contributed by atoms with Crippen molar-refractivity contribution in [3.05, 3.63) is 46.4 Å². The molecule has 134 valence electrons. The second-order valence-corrected chi connectivity index (χ2v) is 6.89. The first-order valence-corrected chi connectivity index (χ1v) is 8.91. The van der Waals surface area contributed by atoms with E-state index < -0.39 is 0 Å². The summed E-state index contributed by atoms with van der Waals surface area (Å²) in [4.78, 5) is 22.3. The van der Waals surface area contributed by atoms with Gasteiger partial charge >= 0.3 is 0 Å². The summed E-state index contributed by atoms with van der Waals surface area (Å²) in [5, 5.41) is 8.06. The van der Waals surface area contributed by atoms with Gasteiger partial charge in [0.2, 0.25) is 5.91 Å². The highest BCUT2D eigenvalue weighted by Gasteiger charge is 2.14. The lowest BCUT2D eigenvalue weighted by Gasteiger charge is -2.07. The van der Waals surface area contributed by atoms with Gasteiger partial charge in [-0.25, -0.2) is 14.6 Å². The summed E-state index contributed by atoms with van der Waals surface area (Å²) in [6.45, 7) is 0.701. The molecule has 3 rings (SSSR count). The number of anilines is 2. The molecule has 3 aromatic rings. The van der Waals surface area contributed by atoms with Crippen molar-refractivity contribution in [1.82, 2.24) is 24.6 Å². The maximum atomic E-state index is 12.0. The molecule has 0 fully saturated rings. The first-order valence-electron chi connectivity index (χ1n) is 7.83. The van der Waals surface area contributed by atoms with E-state index in [-0.39, 0.29) is 5.91 Å². The number of carbonyl (C=O) groups is 1. The quantitative estimate of drug-likeness (QED) is 0.444. The summed E-state index contributed by atoms with van der Waals surface area (Å²) in [5.41, 5.74) is 7.99. The van der Waals surface area contributed by atoms with Crippen molar-refractivity contribution in [3.63, 3.8) is 0 Å². The van der Waals surface area contributed by atoms with Crippen molar-refractivity contribution in [1.29, 1.82) is 0 Å². The Bertz CT molecular complexity index is 980. The van der Waals surface area contributed by atoms with Gasteiger partial charge in [0.25, 0.3) is 0 Å². The number of hydrogen-bond donors (Lipinski definition) is 2. The highest BCUT2D eigenvalue weighted by atomic mass is 127. The molecule has 0 bridgehead atoms. The largest absolute Gasteiger partial charge is 0.383 e. The third kappa shape index (κ3) is 3.99. The number of benzene rings is 1. The predicted molar refractivity (Wildman–Crippen MR) is 110 cm³/mol. The molecule has 0 radical (unpaired) electrons. The number of rotatable bonds is 5. The van der Waals surface area contributed by atoms with Gasteiger partial charge in [0, 0.05) is 18.3 Å². The van der Waals surface area contributed by atoms with Gasteiger partial charge in [0.1, 0.15) is 15.8 Å². The Kier molecular flexibility index (Phi) is 5.47. The van der Waals surface area contributed by atoms with E-state index in [1.807, 2.05) is 49.3 Å². The van der Waals surface area contributed by atoms with Crippen LogP contribution in [-0.2, 0) is 4.79 Å². The Labute approximate surface area is 164 Å². The maximum absolute atomic E-state index is 12.0. The van der Waals surface area contributed by atoms with Gasteiger partial charge in [-0.3, -0.25) is 4.79 Å². The fraction of sp³-hybridized carbons (Fsp3) is 0.176. The Balaban J connectivity index is 1.88. The van der Waals surface area contributed by atoms with Crippen LogP contribution in [0.3, 0.4) is 0 Å². The number of carbonyl (C=O) groups excluding carboxylic acids is 1. The number of fused-ring (bicyclic) bond motifs is 1. The van der Waals surface area contributed by atoms with E-state index in [0.717, 1.165) is 9.39 Å². The normalized spacial score (nSPS) is 11.5. The molecular weight excluding hydrogens is 445 g/mol. The Morgan fingerprint density at radius 3 is 2.96 bits per heavy atom. The minimum Gasteiger partial charge on any atom is -0.383 e. The summed E-state index contributed by atoms with van der Waals surface area (Å²) in [6, 6.07) is 7.39. The van der Waals surface area contributed by atoms with Crippen LogP contribution in [0.1, 0.15) is 0 Å². The number of hydrogen-bond acceptors (Lipinski definition) is 6. The first-order chi connectivity index (χ1) is 12.5. The van der Waals surface area contributed by atoms with E-state index in [4.69, 9.17) is 5.73 Å². The molecule has 2 heterocycles. The number of nitrogen functional groups attached to an aromatic ring is 1. The number of aromatic nitrogens is 4. The van der Waals surface area contributed by atoms with Crippen LogP contribution in [-0.4, -0.2) is 51.2 Å². The fourth-order valence-electron chi connectivity index (χ4n) is 2.38. The van der Waals surface area contributed by atoms with Gasteiger partial charge in [0.15, 0.2) is 5.65 Å². The molecule has 0 aliphatic heterocycles. The van der Waals surface area contributed by atoms with Crippen LogP contribution in [0.4, 0.5) is 11.5 Å². The SMILES string of the molecule is CN(C)CC=CC(=O)Nc1cccc(-n2nc(I)c3c(N)ncnc32)c1. The molecule has 0 atom stereocenters. The molecule has 2 aromatic heterocycles. The van der Waals surface area contributed by atoms with Crippen LogP contribution in [0.25, 0.3) is 16.7 Å². The third-order valence-corrected chi connectivity index (χ3v) is 4.30. The topological polar surface area (TPSA) is 102 Å². The van der Waals surface area contributed by atoms with Crippen LogP contribution in [0.15, 0.2) is 42.7 Å². The number of nitrogens with two attached hydrogens (primary N) is 1. The third-order valence-electron chi connectivity index (χ3n) is 3.55. The fourth-order valence-corrected chi connectivity index (χ4v) is 3.12. The van der Waals surface area contributed by atoms with Crippen molar-refractivity contribution < 1.29 is 4.79 Å². The zero-order valence-electron chi connectivity index (χ0n) is 14.3. The smallest absolute Gasteiger partial charge is 0.248 e. The highest BCUT2D eigenvalue weighted by molar-refractivity contribution is 14.1. The molecule has 1 aromatic carbocycles. The summed E-state index contributed by atoms with van der Waals surface area (Å²) >= 11 is 2.11. The lowest BCUT2D eigenvalue weighted by molar-refractivity contribution is -0.111. The summed E-state index contributed by atoms with van der Waals surface area (Å²) < 4.78 is 2.41. The molecule has 3 N–H and O–H groups in total. The molecule has 0 saturated carbocycles. The standard InChI is InChI=1S/C17H18IN7O/c1-24(2)8-4-7-13(26)22-11-5-3-6-12(9-11)25-17-14(15(18)23-25)16(19)20-10-21-17/h3-7,9-10H,8H2,1-2H3,(H,22,26)(H2,19,20,21). The Hall–Kier alpha value is -2.53. The van der Waals surface area contributed by atoms with Crippen LogP contribution < -0.4 is 11.1 Å². The summed E-state index contributed by atoms with van der Waals surface area (Å²) in [5.74, 6) is 0.205. The van der Waals surface area contributed by atoms with Crippen molar-refractivity contribution in [2.45, 2.75) is 0 Å². The zero-order valence-corrected chi connectivity index (χ0v) is 16.5. The molecule has 0 spiro atoms. The lowest BCUT2D eigenvalue weighted by Crippen LogP contribution is -2.13. The molecule has 1 amide bonds. The molecule has 0 saturated heterocycles. The molecule has 0 aliphatic rings. The number of nitrogens with zero attached hydrogens (tertiary/aromatic N) is 5. The van der Waals surface area contributed by atoms with E-state index in [1.165, 1.54) is 12.4 Å². The Morgan fingerprint density at radius 1 is 1.38 bits per heavy atom. The van der Waals surface area contributed by atoms with Crippen molar-refractivity contribution in [3.8, 4) is 5.69 Å². The van der Waals surface area contributed by atoms with Crippen LogP contribution >= 0.6 is 22.6 Å². The van der Waals surface area contributed by atoms with Crippen molar-refractivity contribution in [2.24, 2.45) is 0 Å². The maximum Gasteiger partial charge on any atom is 0.248 e. The number of nitrogens with one attached hydrogen (secondary N) is 1. The minimum absolute atomic E-state index is 0.185. The van der Waals surface area contributed by atoms with Crippen molar-refractivity contribution >= 4 is 51.0 Å². The van der Waals surface area contributed by atoms with E-state index in [1.54, 1.807) is 4.68 Å². The highest BCUT2D eigenvalue weighted by Crippen LogP contribution is 2.25. The van der Waals surface area contributed by atoms with E-state index in [2.05, 4.69) is 43.0 Å². The van der Waals surface area contributed by atoms with E-state index in [9.17, 15) is 4.79 Å². The van der Waals surface area contributed by atoms with Gasteiger partial charge in [-0.15, -0.1) is 0 Å². The Morgan fingerprint density at radius 2 is 2.19 bits per heavy atom. The molecule has 8 nitrogen and oxygen atoms in total. The minimum atomic E-state index is -0.185. The lowest BCUT2D eigenvalue weighted by atomic mass is 10.2. The number of halogens is 1. The van der Waals surface area contributed by atoms with Gasteiger partial charge in [-0.1, -0.05) is 12.1 Å². The second-order valence-electron chi connectivity index (χ2n) is 5.86. The first kappa shape index (κ1) is 18.3. The van der Waals surface area contributed by atoms with E-state index in [0.29, 0.717) is 29.1 Å². The molecule has 9 heteroatoms. The second kappa shape index (κ2) is 7.79. The van der Waals surface area contributed by atoms with Crippen molar-refractivity contribution in [2.75, 3.05) is 31.7 Å². The zero-order chi connectivity index (χ0) is 18.7. The number of likely N-dealkylation sites (N-methyl/N-ethyl adjacent to an activating group) is 1. The predicted octanol–water partition coefficient (Wildman–Crippen LogP) is 2.06. The van der Waals surface area contributed by atoms with Gasteiger partial charge in [-0.05, 0) is 54.9 Å². The molecule has 26 heavy (non-hydrogen) atoms. The average molecular weight is 463 g/mol. The summed E-state index contributed by atoms with van der Waals surface area (Å²) in [6.07, 6.45) is 4.74. The van der Waals surface area contributed by atoms with Gasteiger partial charge < -0.3 is 16.0 Å². The van der Waals surface area contributed by atoms with Crippen LogP contribution in [0.5, 0.6) is 0 Å². The van der Waals surface area contributed by atoms with Gasteiger partial charge in [-0.2, -0.15) is 5.10 Å². The van der Waals surface area contributed by atoms with E-state index >= 15 is 0 Å².